The van der Waals surface area contributed by atoms with Gasteiger partial charge >= 0.3 is 0 Å². The molecule has 0 bridgehead atoms. The second kappa shape index (κ2) is 4.91. The molecule has 1 heterocycles. The summed E-state index contributed by atoms with van der Waals surface area (Å²) in [5.41, 5.74) is 0.887. The monoisotopic (exact) mass is 195 g/mol. The van der Waals surface area contributed by atoms with Gasteiger partial charge in [0.25, 0.3) is 0 Å². The van der Waals surface area contributed by atoms with Crippen molar-refractivity contribution in [2.75, 3.05) is 19.0 Å². The van der Waals surface area contributed by atoms with Crippen LogP contribution in [0.4, 0.5) is 5.95 Å². The van der Waals surface area contributed by atoms with Gasteiger partial charge in [-0.2, -0.15) is 0 Å². The van der Waals surface area contributed by atoms with E-state index >= 15 is 0 Å². The van der Waals surface area contributed by atoms with Crippen LogP contribution in [0.1, 0.15) is 19.0 Å². The average molecular weight is 195 g/mol. The summed E-state index contributed by atoms with van der Waals surface area (Å²) in [4.78, 5) is 10.3. The number of nitrogens with zero attached hydrogens (tertiary/aromatic N) is 3. The molecule has 4 nitrogen and oxygen atoms in total. The van der Waals surface area contributed by atoms with E-state index in [2.05, 4.69) is 9.97 Å². The summed E-state index contributed by atoms with van der Waals surface area (Å²) in [6.45, 7) is 1.96. The Bertz CT molecular complexity index is 288. The molecule has 78 valence electrons. The molecule has 0 saturated heterocycles. The quantitative estimate of drug-likeness (QED) is 0.774. The van der Waals surface area contributed by atoms with Crippen LogP contribution in [0.15, 0.2) is 12.3 Å². The van der Waals surface area contributed by atoms with Crippen molar-refractivity contribution < 1.29 is 5.11 Å². The molecule has 0 spiro atoms. The maximum atomic E-state index is 9.47. The third-order valence-electron chi connectivity index (χ3n) is 2.02. The van der Waals surface area contributed by atoms with Crippen LogP contribution in [0.5, 0.6) is 0 Å². The van der Waals surface area contributed by atoms with E-state index in [1.807, 2.05) is 32.0 Å². The molecule has 0 fully saturated rings. The molecule has 0 saturated carbocycles. The van der Waals surface area contributed by atoms with E-state index in [9.17, 15) is 5.11 Å². The first kappa shape index (κ1) is 10.9. The van der Waals surface area contributed by atoms with Crippen LogP contribution in [-0.4, -0.2) is 35.3 Å². The number of aliphatic hydroxyl groups excluding tert-OH is 1. The summed E-state index contributed by atoms with van der Waals surface area (Å²) in [7, 11) is 3.80. The highest BCUT2D eigenvalue weighted by Gasteiger charge is 2.05. The minimum Gasteiger partial charge on any atom is -0.393 e. The molecule has 0 aliphatic rings. The summed E-state index contributed by atoms with van der Waals surface area (Å²) >= 11 is 0. The molecule has 14 heavy (non-hydrogen) atoms. The number of hydrogen-bond acceptors (Lipinski definition) is 4. The molecular formula is C10H17N3O. The standard InChI is InChI=1S/C10H17N3O/c1-4-9(14)7-8-5-6-11-10(12-8)13(2)3/h5-6,9,14H,4,7H2,1-3H3. The lowest BCUT2D eigenvalue weighted by Crippen LogP contribution is -2.15. The topological polar surface area (TPSA) is 49.3 Å². The molecular weight excluding hydrogens is 178 g/mol. The van der Waals surface area contributed by atoms with Crippen LogP contribution in [-0.2, 0) is 6.42 Å². The van der Waals surface area contributed by atoms with Crippen LogP contribution in [0.25, 0.3) is 0 Å². The van der Waals surface area contributed by atoms with E-state index in [1.54, 1.807) is 6.20 Å². The van der Waals surface area contributed by atoms with Gasteiger partial charge in [-0.1, -0.05) is 6.92 Å². The molecule has 0 aromatic carbocycles. The van der Waals surface area contributed by atoms with E-state index in [0.29, 0.717) is 12.4 Å². The van der Waals surface area contributed by atoms with Crippen molar-refractivity contribution in [2.24, 2.45) is 0 Å². The van der Waals surface area contributed by atoms with Gasteiger partial charge in [-0.3, -0.25) is 0 Å². The average Bonchev–Trinajstić information content (AvgIpc) is 2.18. The predicted molar refractivity (Wildman–Crippen MR) is 56.4 cm³/mol. The lowest BCUT2D eigenvalue weighted by Gasteiger charge is -2.12. The van der Waals surface area contributed by atoms with Crippen LogP contribution < -0.4 is 4.90 Å². The van der Waals surface area contributed by atoms with Crippen molar-refractivity contribution in [3.05, 3.63) is 18.0 Å². The van der Waals surface area contributed by atoms with Gasteiger partial charge in [0, 0.05) is 32.4 Å². The minimum absolute atomic E-state index is 0.306. The summed E-state index contributed by atoms with van der Waals surface area (Å²) in [5, 5.41) is 9.47. The lowest BCUT2D eigenvalue weighted by atomic mass is 10.1. The zero-order valence-electron chi connectivity index (χ0n) is 8.94. The number of aliphatic hydroxyl groups is 1. The van der Waals surface area contributed by atoms with Crippen molar-refractivity contribution in [3.8, 4) is 0 Å². The van der Waals surface area contributed by atoms with Gasteiger partial charge in [0.2, 0.25) is 5.95 Å². The zero-order chi connectivity index (χ0) is 10.6. The van der Waals surface area contributed by atoms with E-state index in [1.165, 1.54) is 0 Å². The molecule has 1 aromatic rings. The Morgan fingerprint density at radius 3 is 2.79 bits per heavy atom. The summed E-state index contributed by atoms with van der Waals surface area (Å²) in [6, 6.07) is 1.84. The molecule has 1 aromatic heterocycles. The highest BCUT2D eigenvalue weighted by atomic mass is 16.3. The Balaban J connectivity index is 2.73. The first-order valence-corrected chi connectivity index (χ1v) is 4.80. The van der Waals surface area contributed by atoms with Gasteiger partial charge in [0.1, 0.15) is 0 Å². The van der Waals surface area contributed by atoms with Crippen molar-refractivity contribution in [3.63, 3.8) is 0 Å². The fourth-order valence-electron chi connectivity index (χ4n) is 1.10. The number of rotatable bonds is 4. The van der Waals surface area contributed by atoms with Crippen LogP contribution >= 0.6 is 0 Å². The lowest BCUT2D eigenvalue weighted by molar-refractivity contribution is 0.169. The highest BCUT2D eigenvalue weighted by Crippen LogP contribution is 2.06. The number of anilines is 1. The van der Waals surface area contributed by atoms with Crippen molar-refractivity contribution in [1.29, 1.82) is 0 Å². The Hall–Kier alpha value is -1.16. The molecule has 0 aliphatic carbocycles. The number of aromatic nitrogens is 2. The van der Waals surface area contributed by atoms with Gasteiger partial charge in [0.05, 0.1) is 6.10 Å². The number of hydrogen-bond donors (Lipinski definition) is 1. The first-order valence-electron chi connectivity index (χ1n) is 4.80. The molecule has 4 heteroatoms. The van der Waals surface area contributed by atoms with Gasteiger partial charge in [-0.25, -0.2) is 9.97 Å². The Morgan fingerprint density at radius 2 is 2.21 bits per heavy atom. The minimum atomic E-state index is -0.306. The molecule has 0 aliphatic heterocycles. The molecule has 0 radical (unpaired) electrons. The summed E-state index contributed by atoms with van der Waals surface area (Å²) in [6.07, 6.45) is 2.77. The van der Waals surface area contributed by atoms with E-state index in [0.717, 1.165) is 12.1 Å². The molecule has 1 rings (SSSR count). The SMILES string of the molecule is CCC(O)Cc1ccnc(N(C)C)n1. The maximum absolute atomic E-state index is 9.47. The predicted octanol–water partition coefficient (Wildman–Crippen LogP) is 0.856. The van der Waals surface area contributed by atoms with Crippen molar-refractivity contribution in [1.82, 2.24) is 9.97 Å². The van der Waals surface area contributed by atoms with Crippen LogP contribution in [0.3, 0.4) is 0 Å². The second-order valence-electron chi connectivity index (χ2n) is 3.51. The Kier molecular flexibility index (Phi) is 3.83. The molecule has 1 unspecified atom stereocenters. The summed E-state index contributed by atoms with van der Waals surface area (Å²) < 4.78 is 0. The van der Waals surface area contributed by atoms with Gasteiger partial charge in [0.15, 0.2) is 0 Å². The van der Waals surface area contributed by atoms with E-state index < -0.39 is 0 Å². The largest absolute Gasteiger partial charge is 0.393 e. The van der Waals surface area contributed by atoms with Crippen molar-refractivity contribution >= 4 is 5.95 Å². The Labute approximate surface area is 84.6 Å². The first-order chi connectivity index (χ1) is 6.63. The van der Waals surface area contributed by atoms with Gasteiger partial charge in [-0.05, 0) is 12.5 Å². The van der Waals surface area contributed by atoms with Gasteiger partial charge < -0.3 is 10.0 Å². The normalized spacial score (nSPS) is 12.6. The second-order valence-corrected chi connectivity index (χ2v) is 3.51. The van der Waals surface area contributed by atoms with Crippen molar-refractivity contribution in [2.45, 2.75) is 25.9 Å². The fraction of sp³-hybridized carbons (Fsp3) is 0.600. The smallest absolute Gasteiger partial charge is 0.224 e. The maximum Gasteiger partial charge on any atom is 0.224 e. The third-order valence-corrected chi connectivity index (χ3v) is 2.02. The van der Waals surface area contributed by atoms with Crippen LogP contribution in [0, 0.1) is 0 Å². The van der Waals surface area contributed by atoms with E-state index in [4.69, 9.17) is 0 Å². The zero-order valence-corrected chi connectivity index (χ0v) is 8.94. The van der Waals surface area contributed by atoms with E-state index in [-0.39, 0.29) is 6.10 Å². The molecule has 1 atom stereocenters. The van der Waals surface area contributed by atoms with Crippen LogP contribution in [0.2, 0.25) is 0 Å². The summed E-state index contributed by atoms with van der Waals surface area (Å²) in [5.74, 6) is 0.686. The third kappa shape index (κ3) is 2.96. The fourth-order valence-corrected chi connectivity index (χ4v) is 1.10. The molecule has 0 amide bonds. The highest BCUT2D eigenvalue weighted by molar-refractivity contribution is 5.27. The molecule has 1 N–H and O–H groups in total. The Morgan fingerprint density at radius 1 is 1.50 bits per heavy atom. The van der Waals surface area contributed by atoms with Gasteiger partial charge in [-0.15, -0.1) is 0 Å².